The number of piperazine rings is 1. The third-order valence-electron chi connectivity index (χ3n) is 4.74. The highest BCUT2D eigenvalue weighted by Gasteiger charge is 2.26. The average Bonchev–Trinajstić information content (AvgIpc) is 2.68. The van der Waals surface area contributed by atoms with Crippen LogP contribution in [0.15, 0.2) is 30.5 Å². The van der Waals surface area contributed by atoms with Gasteiger partial charge in [0.1, 0.15) is 11.6 Å². The molecule has 0 unspecified atom stereocenters. The molecule has 0 radical (unpaired) electrons. The average molecular weight is 368 g/mol. The minimum Gasteiger partial charge on any atom is -0.497 e. The Labute approximate surface area is 159 Å². The molecule has 1 aromatic heterocycles. The van der Waals surface area contributed by atoms with Gasteiger partial charge in [-0.05, 0) is 31.5 Å². The van der Waals surface area contributed by atoms with Crippen LogP contribution in [0, 0.1) is 13.8 Å². The van der Waals surface area contributed by atoms with E-state index in [4.69, 9.17) is 4.74 Å². The maximum absolute atomic E-state index is 12.7. The number of hydrogen-bond donors (Lipinski definition) is 0. The molecular weight excluding hydrogens is 344 g/mol. The maximum Gasteiger partial charge on any atom is 0.257 e. The lowest BCUT2D eigenvalue weighted by atomic mass is 10.1. The summed E-state index contributed by atoms with van der Waals surface area (Å²) in [4.78, 5) is 37.2. The summed E-state index contributed by atoms with van der Waals surface area (Å²) < 4.78 is 5.20. The van der Waals surface area contributed by atoms with Gasteiger partial charge < -0.3 is 14.5 Å². The van der Waals surface area contributed by atoms with Gasteiger partial charge in [0.05, 0.1) is 24.8 Å². The predicted octanol–water partition coefficient (Wildman–Crippen LogP) is 1.63. The quantitative estimate of drug-likeness (QED) is 0.820. The summed E-state index contributed by atoms with van der Waals surface area (Å²) in [5, 5.41) is 0. The molecule has 2 aromatic rings. The van der Waals surface area contributed by atoms with Crippen LogP contribution in [0.4, 0.5) is 0 Å². The predicted molar refractivity (Wildman–Crippen MR) is 101 cm³/mol. The number of ether oxygens (including phenoxy) is 1. The van der Waals surface area contributed by atoms with E-state index >= 15 is 0 Å². The van der Waals surface area contributed by atoms with Gasteiger partial charge in [0, 0.05) is 32.4 Å². The highest BCUT2D eigenvalue weighted by molar-refractivity contribution is 5.95. The van der Waals surface area contributed by atoms with Crippen LogP contribution in [0.25, 0.3) is 0 Å². The van der Waals surface area contributed by atoms with Crippen molar-refractivity contribution in [2.45, 2.75) is 20.3 Å². The molecule has 7 nitrogen and oxygen atoms in total. The first-order valence-electron chi connectivity index (χ1n) is 8.98. The van der Waals surface area contributed by atoms with Gasteiger partial charge >= 0.3 is 0 Å². The number of carbonyl (C=O) groups excluding carboxylic acids is 2. The van der Waals surface area contributed by atoms with Crippen LogP contribution >= 0.6 is 0 Å². The number of hydrogen-bond acceptors (Lipinski definition) is 5. The van der Waals surface area contributed by atoms with Crippen LogP contribution in [0.3, 0.4) is 0 Å². The third-order valence-corrected chi connectivity index (χ3v) is 4.74. The molecule has 2 heterocycles. The Morgan fingerprint density at radius 1 is 1.11 bits per heavy atom. The second-order valence-electron chi connectivity index (χ2n) is 6.62. The topological polar surface area (TPSA) is 75.6 Å². The van der Waals surface area contributed by atoms with Crippen molar-refractivity contribution in [1.29, 1.82) is 0 Å². The highest BCUT2D eigenvalue weighted by atomic mass is 16.5. The minimum atomic E-state index is -0.0765. The maximum atomic E-state index is 12.7. The van der Waals surface area contributed by atoms with E-state index in [0.717, 1.165) is 11.3 Å². The van der Waals surface area contributed by atoms with Crippen molar-refractivity contribution in [2.24, 2.45) is 0 Å². The van der Waals surface area contributed by atoms with Crippen LogP contribution < -0.4 is 4.74 Å². The molecule has 0 bridgehead atoms. The van der Waals surface area contributed by atoms with Crippen molar-refractivity contribution in [1.82, 2.24) is 19.8 Å². The second-order valence-corrected chi connectivity index (χ2v) is 6.62. The summed E-state index contributed by atoms with van der Waals surface area (Å²) in [6.07, 6.45) is 1.91. The molecule has 1 aliphatic heterocycles. The number of amides is 2. The van der Waals surface area contributed by atoms with Crippen molar-refractivity contribution in [3.8, 4) is 5.75 Å². The zero-order valence-corrected chi connectivity index (χ0v) is 15.9. The van der Waals surface area contributed by atoms with Gasteiger partial charge in [-0.1, -0.05) is 12.1 Å². The standard InChI is InChI=1S/C20H24N4O3/c1-14-18(13-21-15(2)22-14)20(26)24-9-7-23(8-10-24)19(25)12-16-5-4-6-17(11-16)27-3/h4-6,11,13H,7-10,12H2,1-3H3. The van der Waals surface area contributed by atoms with Gasteiger partial charge in [0.2, 0.25) is 5.91 Å². The summed E-state index contributed by atoms with van der Waals surface area (Å²) in [5.74, 6) is 1.38. The molecule has 1 aromatic carbocycles. The van der Waals surface area contributed by atoms with E-state index < -0.39 is 0 Å². The van der Waals surface area contributed by atoms with Gasteiger partial charge in [-0.3, -0.25) is 9.59 Å². The summed E-state index contributed by atoms with van der Waals surface area (Å²) in [6, 6.07) is 7.53. The molecule has 3 rings (SSSR count). The SMILES string of the molecule is COc1cccc(CC(=O)N2CCN(C(=O)c3cnc(C)nc3C)CC2)c1. The minimum absolute atomic E-state index is 0.0604. The third kappa shape index (κ3) is 4.42. The Kier molecular flexibility index (Phi) is 5.69. The number of aromatic nitrogens is 2. The molecule has 1 fully saturated rings. The molecule has 1 aliphatic rings. The molecule has 0 spiro atoms. The van der Waals surface area contributed by atoms with Crippen molar-refractivity contribution >= 4 is 11.8 Å². The van der Waals surface area contributed by atoms with Gasteiger partial charge in [-0.2, -0.15) is 0 Å². The zero-order chi connectivity index (χ0) is 19.4. The Morgan fingerprint density at radius 3 is 2.48 bits per heavy atom. The Morgan fingerprint density at radius 2 is 1.81 bits per heavy atom. The lowest BCUT2D eigenvalue weighted by molar-refractivity contribution is -0.131. The fraction of sp³-hybridized carbons (Fsp3) is 0.400. The molecule has 27 heavy (non-hydrogen) atoms. The van der Waals surface area contributed by atoms with Gasteiger partial charge in [0.25, 0.3) is 5.91 Å². The first kappa shape index (κ1) is 18.8. The Balaban J connectivity index is 1.57. The Bertz CT molecular complexity index is 845. The van der Waals surface area contributed by atoms with Crippen molar-refractivity contribution in [3.63, 3.8) is 0 Å². The number of carbonyl (C=O) groups is 2. The molecular formula is C20H24N4O3. The monoisotopic (exact) mass is 368 g/mol. The number of rotatable bonds is 4. The van der Waals surface area contributed by atoms with E-state index in [1.165, 1.54) is 0 Å². The van der Waals surface area contributed by atoms with Crippen LogP contribution in [0.1, 0.15) is 27.4 Å². The molecule has 0 atom stereocenters. The van der Waals surface area contributed by atoms with Crippen molar-refractivity contribution in [2.75, 3.05) is 33.3 Å². The van der Waals surface area contributed by atoms with E-state index in [1.54, 1.807) is 25.1 Å². The lowest BCUT2D eigenvalue weighted by Crippen LogP contribution is -2.51. The number of methoxy groups -OCH3 is 1. The number of benzene rings is 1. The molecule has 2 amide bonds. The van der Waals surface area contributed by atoms with Crippen LogP contribution in [-0.4, -0.2) is 64.9 Å². The van der Waals surface area contributed by atoms with Crippen LogP contribution in [0.5, 0.6) is 5.75 Å². The molecule has 0 saturated carbocycles. The highest BCUT2D eigenvalue weighted by Crippen LogP contribution is 2.15. The molecule has 0 N–H and O–H groups in total. The summed E-state index contributed by atoms with van der Waals surface area (Å²) in [5.41, 5.74) is 2.13. The number of nitrogens with zero attached hydrogens (tertiary/aromatic N) is 4. The van der Waals surface area contributed by atoms with E-state index in [0.29, 0.717) is 49.7 Å². The lowest BCUT2D eigenvalue weighted by Gasteiger charge is -2.35. The molecule has 1 saturated heterocycles. The van der Waals surface area contributed by atoms with Crippen LogP contribution in [-0.2, 0) is 11.2 Å². The summed E-state index contributed by atoms with van der Waals surface area (Å²) in [6.45, 7) is 5.69. The molecule has 0 aliphatic carbocycles. The first-order chi connectivity index (χ1) is 13.0. The summed E-state index contributed by atoms with van der Waals surface area (Å²) in [7, 11) is 1.61. The first-order valence-corrected chi connectivity index (χ1v) is 8.98. The molecule has 7 heteroatoms. The van der Waals surface area contributed by atoms with Crippen molar-refractivity contribution in [3.05, 3.63) is 53.1 Å². The summed E-state index contributed by atoms with van der Waals surface area (Å²) >= 11 is 0. The smallest absolute Gasteiger partial charge is 0.257 e. The van der Waals surface area contributed by atoms with Crippen LogP contribution in [0.2, 0.25) is 0 Å². The van der Waals surface area contributed by atoms with E-state index in [-0.39, 0.29) is 11.8 Å². The largest absolute Gasteiger partial charge is 0.497 e. The van der Waals surface area contributed by atoms with E-state index in [9.17, 15) is 9.59 Å². The van der Waals surface area contributed by atoms with E-state index in [2.05, 4.69) is 9.97 Å². The molecule has 142 valence electrons. The Hall–Kier alpha value is -2.96. The van der Waals surface area contributed by atoms with Gasteiger partial charge in [-0.15, -0.1) is 0 Å². The fourth-order valence-electron chi connectivity index (χ4n) is 3.19. The van der Waals surface area contributed by atoms with Crippen molar-refractivity contribution < 1.29 is 14.3 Å². The zero-order valence-electron chi connectivity index (χ0n) is 15.9. The van der Waals surface area contributed by atoms with Gasteiger partial charge in [-0.25, -0.2) is 9.97 Å². The normalized spacial score (nSPS) is 14.2. The second kappa shape index (κ2) is 8.16. The number of aryl methyl sites for hydroxylation is 2. The van der Waals surface area contributed by atoms with Gasteiger partial charge in [0.15, 0.2) is 0 Å². The fourth-order valence-corrected chi connectivity index (χ4v) is 3.19. The van der Waals surface area contributed by atoms with E-state index in [1.807, 2.05) is 36.1 Å².